The summed E-state index contributed by atoms with van der Waals surface area (Å²) in [5.41, 5.74) is 2.52. The van der Waals surface area contributed by atoms with Crippen LogP contribution in [-0.2, 0) is 4.79 Å². The highest BCUT2D eigenvalue weighted by molar-refractivity contribution is 6.00. The maximum Gasteiger partial charge on any atom is 0.256 e. The van der Waals surface area contributed by atoms with Gasteiger partial charge in [-0.2, -0.15) is 5.10 Å². The van der Waals surface area contributed by atoms with E-state index in [0.717, 1.165) is 24.1 Å². The molecule has 2 aromatic heterocycles. The summed E-state index contributed by atoms with van der Waals surface area (Å²) in [4.78, 5) is 30.3. The van der Waals surface area contributed by atoms with Gasteiger partial charge in [0.1, 0.15) is 11.3 Å². The number of rotatable bonds is 3. The molecule has 4 rings (SSSR count). The van der Waals surface area contributed by atoms with Crippen molar-refractivity contribution in [1.82, 2.24) is 24.8 Å². The number of benzene rings is 1. The smallest absolute Gasteiger partial charge is 0.256 e. The summed E-state index contributed by atoms with van der Waals surface area (Å²) >= 11 is 0. The van der Waals surface area contributed by atoms with Gasteiger partial charge in [0, 0.05) is 37.8 Å². The number of amides is 2. The zero-order valence-corrected chi connectivity index (χ0v) is 15.5. The van der Waals surface area contributed by atoms with E-state index in [9.17, 15) is 14.7 Å². The van der Waals surface area contributed by atoms with E-state index in [1.54, 1.807) is 46.8 Å². The summed E-state index contributed by atoms with van der Waals surface area (Å²) in [5, 5.41) is 16.9. The van der Waals surface area contributed by atoms with Crippen LogP contribution in [0.4, 0.5) is 0 Å². The zero-order chi connectivity index (χ0) is 19.7. The Morgan fingerprint density at radius 3 is 2.54 bits per heavy atom. The molecule has 28 heavy (non-hydrogen) atoms. The van der Waals surface area contributed by atoms with Crippen LogP contribution in [0.2, 0.25) is 0 Å². The fourth-order valence-corrected chi connectivity index (χ4v) is 3.50. The summed E-state index contributed by atoms with van der Waals surface area (Å²) < 4.78 is 1.62. The van der Waals surface area contributed by atoms with Crippen LogP contribution < -0.4 is 5.32 Å². The lowest BCUT2D eigenvalue weighted by atomic mass is 10.0. The van der Waals surface area contributed by atoms with Crippen LogP contribution in [-0.4, -0.2) is 55.6 Å². The molecule has 8 heteroatoms. The molecule has 1 fully saturated rings. The number of hydrogen-bond acceptors (Lipinski definition) is 5. The van der Waals surface area contributed by atoms with Crippen molar-refractivity contribution < 1.29 is 14.7 Å². The molecule has 0 aliphatic carbocycles. The van der Waals surface area contributed by atoms with Crippen molar-refractivity contribution in [2.24, 2.45) is 0 Å². The number of carbonyl (C=O) groups is 2. The van der Waals surface area contributed by atoms with E-state index in [0.29, 0.717) is 24.3 Å². The molecule has 1 aliphatic heterocycles. The first kappa shape index (κ1) is 18.0. The molecular formula is C20H21N5O3. The molecule has 0 spiro atoms. The van der Waals surface area contributed by atoms with Gasteiger partial charge in [-0.3, -0.25) is 9.59 Å². The molecule has 1 aromatic carbocycles. The SMILES string of the molecule is CC(=O)N1CCC(NC(=O)c2cnn3c(-c4ccc(O)cc4)ccnc23)CC1. The van der Waals surface area contributed by atoms with Gasteiger partial charge in [0.15, 0.2) is 5.65 Å². The van der Waals surface area contributed by atoms with Crippen molar-refractivity contribution in [3.63, 3.8) is 0 Å². The first-order chi connectivity index (χ1) is 13.5. The Hall–Kier alpha value is -3.42. The summed E-state index contributed by atoms with van der Waals surface area (Å²) in [5.74, 6) is 0.0374. The van der Waals surface area contributed by atoms with Crippen molar-refractivity contribution in [1.29, 1.82) is 0 Å². The van der Waals surface area contributed by atoms with Crippen molar-refractivity contribution in [3.8, 4) is 17.0 Å². The number of aromatic nitrogens is 3. The fourth-order valence-electron chi connectivity index (χ4n) is 3.50. The quantitative estimate of drug-likeness (QED) is 0.723. The Morgan fingerprint density at radius 1 is 1.14 bits per heavy atom. The highest BCUT2D eigenvalue weighted by atomic mass is 16.3. The van der Waals surface area contributed by atoms with Gasteiger partial charge >= 0.3 is 0 Å². The number of nitrogens with zero attached hydrogens (tertiary/aromatic N) is 4. The molecule has 8 nitrogen and oxygen atoms in total. The summed E-state index contributed by atoms with van der Waals surface area (Å²) in [7, 11) is 0. The number of carbonyl (C=O) groups excluding carboxylic acids is 2. The molecular weight excluding hydrogens is 358 g/mol. The van der Waals surface area contributed by atoms with E-state index in [1.807, 2.05) is 6.07 Å². The molecule has 3 aromatic rings. The molecule has 1 aliphatic rings. The van der Waals surface area contributed by atoms with Crippen LogP contribution in [0.1, 0.15) is 30.1 Å². The van der Waals surface area contributed by atoms with Gasteiger partial charge in [0.2, 0.25) is 5.91 Å². The van der Waals surface area contributed by atoms with Gasteiger partial charge in [-0.05, 0) is 43.2 Å². The minimum absolute atomic E-state index is 0.0262. The monoisotopic (exact) mass is 379 g/mol. The van der Waals surface area contributed by atoms with Gasteiger partial charge < -0.3 is 15.3 Å². The number of phenolic OH excluding ortho intramolecular Hbond substituents is 1. The lowest BCUT2D eigenvalue weighted by molar-refractivity contribution is -0.129. The van der Waals surface area contributed by atoms with Gasteiger partial charge in [0.05, 0.1) is 11.9 Å². The summed E-state index contributed by atoms with van der Waals surface area (Å²) in [6, 6.07) is 8.62. The number of nitrogens with one attached hydrogen (secondary N) is 1. The molecule has 3 heterocycles. The Kier molecular flexibility index (Phi) is 4.68. The van der Waals surface area contributed by atoms with Crippen molar-refractivity contribution in [2.45, 2.75) is 25.8 Å². The van der Waals surface area contributed by atoms with E-state index in [-0.39, 0.29) is 23.6 Å². The summed E-state index contributed by atoms with van der Waals surface area (Å²) in [6.45, 7) is 2.87. The molecule has 0 unspecified atom stereocenters. The van der Waals surface area contributed by atoms with Crippen molar-refractivity contribution in [2.75, 3.05) is 13.1 Å². The van der Waals surface area contributed by atoms with Crippen LogP contribution in [0.3, 0.4) is 0 Å². The molecule has 144 valence electrons. The van der Waals surface area contributed by atoms with Crippen molar-refractivity contribution in [3.05, 3.63) is 48.3 Å². The van der Waals surface area contributed by atoms with Crippen LogP contribution in [0, 0.1) is 0 Å². The normalized spacial score (nSPS) is 15.0. The topological polar surface area (TPSA) is 99.8 Å². The fraction of sp³-hybridized carbons (Fsp3) is 0.300. The molecule has 0 saturated carbocycles. The Bertz CT molecular complexity index is 1020. The Morgan fingerprint density at radius 2 is 1.86 bits per heavy atom. The van der Waals surface area contributed by atoms with Crippen molar-refractivity contribution >= 4 is 17.5 Å². The number of phenols is 1. The minimum Gasteiger partial charge on any atom is -0.508 e. The lowest BCUT2D eigenvalue weighted by Crippen LogP contribution is -2.46. The molecule has 1 saturated heterocycles. The summed E-state index contributed by atoms with van der Waals surface area (Å²) in [6.07, 6.45) is 4.63. The highest BCUT2D eigenvalue weighted by Gasteiger charge is 2.24. The average molecular weight is 379 g/mol. The second-order valence-electron chi connectivity index (χ2n) is 6.92. The second kappa shape index (κ2) is 7.30. The third kappa shape index (κ3) is 3.40. The largest absolute Gasteiger partial charge is 0.508 e. The number of fused-ring (bicyclic) bond motifs is 1. The van der Waals surface area contributed by atoms with E-state index < -0.39 is 0 Å². The number of aromatic hydroxyl groups is 1. The Balaban J connectivity index is 1.55. The van der Waals surface area contributed by atoms with Crippen LogP contribution in [0.25, 0.3) is 16.9 Å². The van der Waals surface area contributed by atoms with E-state index in [4.69, 9.17) is 0 Å². The van der Waals surface area contributed by atoms with Gasteiger partial charge in [-0.15, -0.1) is 0 Å². The number of likely N-dealkylation sites (tertiary alicyclic amines) is 1. The Labute approximate surface area is 161 Å². The third-order valence-corrected chi connectivity index (χ3v) is 5.08. The van der Waals surface area contributed by atoms with Crippen LogP contribution in [0.15, 0.2) is 42.7 Å². The third-order valence-electron chi connectivity index (χ3n) is 5.08. The minimum atomic E-state index is -0.216. The van der Waals surface area contributed by atoms with Crippen LogP contribution >= 0.6 is 0 Å². The standard InChI is InChI=1S/C20H21N5O3/c1-13(26)24-10-7-15(8-11-24)23-20(28)17-12-22-25-18(6-9-21-19(17)25)14-2-4-16(27)5-3-14/h2-6,9,12,15,27H,7-8,10-11H2,1H3,(H,23,28). The molecule has 2 amide bonds. The maximum atomic E-state index is 12.8. The van der Waals surface area contributed by atoms with Crippen LogP contribution in [0.5, 0.6) is 5.75 Å². The lowest BCUT2D eigenvalue weighted by Gasteiger charge is -2.31. The van der Waals surface area contributed by atoms with Gasteiger partial charge in [-0.1, -0.05) is 0 Å². The first-order valence-corrected chi connectivity index (χ1v) is 9.21. The second-order valence-corrected chi connectivity index (χ2v) is 6.92. The van der Waals surface area contributed by atoms with Gasteiger partial charge in [-0.25, -0.2) is 9.50 Å². The average Bonchev–Trinajstić information content (AvgIpc) is 3.13. The number of piperidine rings is 1. The van der Waals surface area contributed by atoms with E-state index >= 15 is 0 Å². The van der Waals surface area contributed by atoms with E-state index in [2.05, 4.69) is 15.4 Å². The molecule has 0 atom stereocenters. The predicted octanol–water partition coefficient (Wildman–Crippen LogP) is 1.84. The molecule has 2 N–H and O–H groups in total. The zero-order valence-electron chi connectivity index (χ0n) is 15.5. The molecule has 0 radical (unpaired) electrons. The maximum absolute atomic E-state index is 12.8. The van der Waals surface area contributed by atoms with E-state index in [1.165, 1.54) is 6.20 Å². The molecule has 0 bridgehead atoms. The highest BCUT2D eigenvalue weighted by Crippen LogP contribution is 2.23. The van der Waals surface area contributed by atoms with Gasteiger partial charge in [0.25, 0.3) is 5.91 Å². The first-order valence-electron chi connectivity index (χ1n) is 9.21. The predicted molar refractivity (Wildman–Crippen MR) is 103 cm³/mol. The number of hydrogen-bond donors (Lipinski definition) is 2.